The zero-order valence-corrected chi connectivity index (χ0v) is 14.0. The van der Waals surface area contributed by atoms with E-state index >= 15 is 0 Å². The van der Waals surface area contributed by atoms with Crippen LogP contribution in [0.25, 0.3) is 0 Å². The minimum absolute atomic E-state index is 0.114. The summed E-state index contributed by atoms with van der Waals surface area (Å²) in [4.78, 5) is 12.4. The number of allylic oxidation sites excluding steroid dienone is 4. The molecule has 0 radical (unpaired) electrons. The van der Waals surface area contributed by atoms with Crippen molar-refractivity contribution in [2.75, 3.05) is 18.5 Å². The summed E-state index contributed by atoms with van der Waals surface area (Å²) in [6.45, 7) is 2.05. The summed E-state index contributed by atoms with van der Waals surface area (Å²) in [5.41, 5.74) is 1.75. The van der Waals surface area contributed by atoms with Crippen molar-refractivity contribution < 1.29 is 4.74 Å². The highest BCUT2D eigenvalue weighted by atomic mass is 79.9. The van der Waals surface area contributed by atoms with E-state index in [9.17, 15) is 4.79 Å². The fourth-order valence-corrected chi connectivity index (χ4v) is 3.14. The second-order valence-electron chi connectivity index (χ2n) is 5.61. The largest absolute Gasteiger partial charge is 0.380 e. The maximum Gasteiger partial charge on any atom is 0.283 e. The molecule has 1 aliphatic heterocycles. The molecule has 1 aliphatic carbocycles. The molecule has 2 heterocycles. The van der Waals surface area contributed by atoms with Gasteiger partial charge in [-0.2, -0.15) is 5.10 Å². The normalized spacial score (nSPS) is 21.0. The quantitative estimate of drug-likeness (QED) is 0.871. The molecule has 5 nitrogen and oxygen atoms in total. The van der Waals surface area contributed by atoms with Crippen LogP contribution < -0.4 is 10.9 Å². The van der Waals surface area contributed by atoms with Crippen molar-refractivity contribution in [3.05, 3.63) is 44.8 Å². The van der Waals surface area contributed by atoms with Crippen LogP contribution in [0.2, 0.25) is 0 Å². The van der Waals surface area contributed by atoms with Gasteiger partial charge in [-0.1, -0.05) is 18.2 Å². The number of ether oxygens (including phenoxy) is 1. The van der Waals surface area contributed by atoms with Crippen LogP contribution in [0.15, 0.2) is 39.3 Å². The Balaban J connectivity index is 1.69. The molecule has 0 amide bonds. The summed E-state index contributed by atoms with van der Waals surface area (Å²) in [6.07, 6.45) is 12.6. The highest BCUT2D eigenvalue weighted by Crippen LogP contribution is 2.19. The van der Waals surface area contributed by atoms with Crippen molar-refractivity contribution in [2.24, 2.45) is 0 Å². The molecule has 0 saturated carbocycles. The zero-order chi connectivity index (χ0) is 15.4. The van der Waals surface area contributed by atoms with E-state index in [2.05, 4.69) is 44.6 Å². The van der Waals surface area contributed by atoms with Gasteiger partial charge >= 0.3 is 0 Å². The smallest absolute Gasteiger partial charge is 0.283 e. The van der Waals surface area contributed by atoms with Crippen LogP contribution in [0.1, 0.15) is 25.7 Å². The van der Waals surface area contributed by atoms with E-state index in [1.54, 1.807) is 6.20 Å². The first-order valence-electron chi connectivity index (χ1n) is 7.70. The average Bonchev–Trinajstić information content (AvgIpc) is 3.06. The standard InChI is InChI=1S/C16H20BrN3O2/c17-15-14(18-9-13-7-4-8-22-13)10-19-20(16(15)21)11-12-5-2-1-3-6-12/h2,5-6,10,13,18H,1,3-4,7-9,11H2. The number of nitrogens with zero attached hydrogens (tertiary/aromatic N) is 2. The van der Waals surface area contributed by atoms with E-state index < -0.39 is 0 Å². The van der Waals surface area contributed by atoms with Gasteiger partial charge in [0.1, 0.15) is 4.47 Å². The summed E-state index contributed by atoms with van der Waals surface area (Å²) in [5, 5.41) is 7.52. The number of hydrogen-bond donors (Lipinski definition) is 1. The van der Waals surface area contributed by atoms with Gasteiger partial charge in [0.25, 0.3) is 5.56 Å². The highest BCUT2D eigenvalue weighted by Gasteiger charge is 2.16. The van der Waals surface area contributed by atoms with E-state index in [0.29, 0.717) is 17.6 Å². The molecular formula is C16H20BrN3O2. The third-order valence-electron chi connectivity index (χ3n) is 3.93. The number of aromatic nitrogens is 2. The maximum absolute atomic E-state index is 12.4. The lowest BCUT2D eigenvalue weighted by molar-refractivity contribution is 0.120. The fraction of sp³-hybridized carbons (Fsp3) is 0.500. The minimum atomic E-state index is -0.114. The van der Waals surface area contributed by atoms with Crippen LogP contribution in [0.3, 0.4) is 0 Å². The SMILES string of the molecule is O=c1c(Br)c(NCC2CCCO2)cnn1CC1=CCCC=C1. The molecule has 6 heteroatoms. The van der Waals surface area contributed by atoms with Crippen molar-refractivity contribution in [3.63, 3.8) is 0 Å². The molecule has 1 saturated heterocycles. The Morgan fingerprint density at radius 3 is 3.09 bits per heavy atom. The van der Waals surface area contributed by atoms with Crippen molar-refractivity contribution >= 4 is 21.6 Å². The fourth-order valence-electron chi connectivity index (χ4n) is 2.69. The van der Waals surface area contributed by atoms with Crippen LogP contribution in [0.5, 0.6) is 0 Å². The average molecular weight is 366 g/mol. The lowest BCUT2D eigenvalue weighted by atomic mass is 10.1. The topological polar surface area (TPSA) is 56.1 Å². The predicted octanol–water partition coefficient (Wildman–Crippen LogP) is 2.87. The molecule has 22 heavy (non-hydrogen) atoms. The summed E-state index contributed by atoms with van der Waals surface area (Å²) in [5.74, 6) is 0. The first-order valence-corrected chi connectivity index (χ1v) is 8.50. The van der Waals surface area contributed by atoms with Crippen LogP contribution in [-0.4, -0.2) is 29.0 Å². The van der Waals surface area contributed by atoms with Crippen molar-refractivity contribution in [1.82, 2.24) is 9.78 Å². The second kappa shape index (κ2) is 7.24. The number of halogens is 1. The third-order valence-corrected chi connectivity index (χ3v) is 4.70. The number of nitrogens with one attached hydrogen (secondary N) is 1. The van der Waals surface area contributed by atoms with Crippen LogP contribution >= 0.6 is 15.9 Å². The summed E-state index contributed by atoms with van der Waals surface area (Å²) < 4.78 is 7.59. The van der Waals surface area contributed by atoms with Gasteiger partial charge in [-0.25, -0.2) is 4.68 Å². The molecule has 0 bridgehead atoms. The summed E-state index contributed by atoms with van der Waals surface area (Å²) in [6, 6.07) is 0. The van der Waals surface area contributed by atoms with Crippen molar-refractivity contribution in [1.29, 1.82) is 0 Å². The molecule has 1 aromatic heterocycles. The Morgan fingerprint density at radius 1 is 1.45 bits per heavy atom. The molecule has 3 rings (SSSR count). The van der Waals surface area contributed by atoms with Gasteiger partial charge in [0.05, 0.1) is 24.5 Å². The Bertz CT molecular complexity index is 645. The van der Waals surface area contributed by atoms with Gasteiger partial charge in [0.15, 0.2) is 0 Å². The van der Waals surface area contributed by atoms with Gasteiger partial charge < -0.3 is 10.1 Å². The maximum atomic E-state index is 12.4. The van der Waals surface area contributed by atoms with E-state index in [1.807, 2.05) is 0 Å². The molecule has 0 spiro atoms. The predicted molar refractivity (Wildman–Crippen MR) is 90.1 cm³/mol. The van der Waals surface area contributed by atoms with Crippen LogP contribution in [-0.2, 0) is 11.3 Å². The third kappa shape index (κ3) is 3.67. The molecular weight excluding hydrogens is 346 g/mol. The van der Waals surface area contributed by atoms with E-state index in [-0.39, 0.29) is 11.7 Å². The van der Waals surface area contributed by atoms with Crippen LogP contribution in [0, 0.1) is 0 Å². The van der Waals surface area contributed by atoms with Gasteiger partial charge in [-0.15, -0.1) is 0 Å². The van der Waals surface area contributed by atoms with Crippen LogP contribution in [0.4, 0.5) is 5.69 Å². The van der Waals surface area contributed by atoms with Crippen molar-refractivity contribution in [2.45, 2.75) is 38.3 Å². The van der Waals surface area contributed by atoms with Gasteiger partial charge in [0.2, 0.25) is 0 Å². The van der Waals surface area contributed by atoms with E-state index in [0.717, 1.165) is 43.6 Å². The van der Waals surface area contributed by atoms with Gasteiger partial charge in [-0.05, 0) is 47.2 Å². The zero-order valence-electron chi connectivity index (χ0n) is 12.4. The number of anilines is 1. The highest BCUT2D eigenvalue weighted by molar-refractivity contribution is 9.10. The Hall–Kier alpha value is -1.40. The lowest BCUT2D eigenvalue weighted by Crippen LogP contribution is -2.26. The van der Waals surface area contributed by atoms with Gasteiger partial charge in [-0.3, -0.25) is 4.79 Å². The lowest BCUT2D eigenvalue weighted by Gasteiger charge is -2.14. The van der Waals surface area contributed by atoms with E-state index in [1.165, 1.54) is 4.68 Å². The second-order valence-corrected chi connectivity index (χ2v) is 6.40. The Labute approximate surface area is 138 Å². The molecule has 1 unspecified atom stereocenters. The Kier molecular flexibility index (Phi) is 5.10. The first kappa shape index (κ1) is 15.5. The molecule has 1 atom stereocenters. The molecule has 1 N–H and O–H groups in total. The molecule has 0 aromatic carbocycles. The first-order chi connectivity index (χ1) is 10.7. The van der Waals surface area contributed by atoms with Crippen molar-refractivity contribution in [3.8, 4) is 0 Å². The summed E-state index contributed by atoms with van der Waals surface area (Å²) >= 11 is 3.39. The van der Waals surface area contributed by atoms with Gasteiger partial charge in [0, 0.05) is 13.2 Å². The molecule has 1 fully saturated rings. The molecule has 1 aromatic rings. The number of hydrogen-bond acceptors (Lipinski definition) is 4. The van der Waals surface area contributed by atoms with E-state index in [4.69, 9.17) is 4.74 Å². The monoisotopic (exact) mass is 365 g/mol. The molecule has 2 aliphatic rings. The summed E-state index contributed by atoms with van der Waals surface area (Å²) in [7, 11) is 0. The number of rotatable bonds is 5. The molecule has 118 valence electrons. The Morgan fingerprint density at radius 2 is 2.36 bits per heavy atom. The minimum Gasteiger partial charge on any atom is -0.380 e.